The Labute approximate surface area is 147 Å². The van der Waals surface area contributed by atoms with Crippen LogP contribution in [-0.2, 0) is 4.79 Å². The maximum Gasteiger partial charge on any atom is 0.233 e. The SMILES string of the molecule is C[C@@H](Sc1ccc(Cl)cc1)C(=O)NCCN(C)c1ccccc1. The topological polar surface area (TPSA) is 32.3 Å². The van der Waals surface area contributed by atoms with Gasteiger partial charge < -0.3 is 10.2 Å². The van der Waals surface area contributed by atoms with E-state index < -0.39 is 0 Å². The van der Waals surface area contributed by atoms with Crippen LogP contribution in [-0.4, -0.2) is 31.3 Å². The summed E-state index contributed by atoms with van der Waals surface area (Å²) in [5.74, 6) is 0.0476. The van der Waals surface area contributed by atoms with Crippen molar-refractivity contribution in [3.05, 3.63) is 59.6 Å². The Kier molecular flexibility index (Phi) is 6.81. The van der Waals surface area contributed by atoms with Crippen molar-refractivity contribution in [3.8, 4) is 0 Å². The normalized spacial score (nSPS) is 11.8. The van der Waals surface area contributed by atoms with Gasteiger partial charge in [-0.1, -0.05) is 29.8 Å². The van der Waals surface area contributed by atoms with Crippen LogP contribution in [0.4, 0.5) is 5.69 Å². The van der Waals surface area contributed by atoms with Gasteiger partial charge in [-0.05, 0) is 43.3 Å². The third kappa shape index (κ3) is 5.81. The quantitative estimate of drug-likeness (QED) is 0.765. The highest BCUT2D eigenvalue weighted by atomic mass is 35.5. The molecule has 3 nitrogen and oxygen atoms in total. The standard InChI is InChI=1S/C18H21ClN2OS/c1-14(23-17-10-8-15(19)9-11-17)18(22)20-12-13-21(2)16-6-4-3-5-7-16/h3-11,14H,12-13H2,1-2H3,(H,20,22)/t14-/m1/s1. The number of hydrogen-bond acceptors (Lipinski definition) is 3. The summed E-state index contributed by atoms with van der Waals surface area (Å²) >= 11 is 7.40. The summed E-state index contributed by atoms with van der Waals surface area (Å²) in [5.41, 5.74) is 1.14. The number of carbonyl (C=O) groups is 1. The molecule has 0 radical (unpaired) electrons. The monoisotopic (exact) mass is 348 g/mol. The minimum absolute atomic E-state index is 0.0476. The van der Waals surface area contributed by atoms with Crippen LogP contribution in [0.25, 0.3) is 0 Å². The van der Waals surface area contributed by atoms with Crippen LogP contribution >= 0.6 is 23.4 Å². The van der Waals surface area contributed by atoms with E-state index in [0.29, 0.717) is 11.6 Å². The number of nitrogens with one attached hydrogen (secondary N) is 1. The molecule has 0 unspecified atom stereocenters. The predicted octanol–water partition coefficient (Wildman–Crippen LogP) is 4.07. The summed E-state index contributed by atoms with van der Waals surface area (Å²) in [6.07, 6.45) is 0. The first-order valence-electron chi connectivity index (χ1n) is 7.52. The number of benzene rings is 2. The lowest BCUT2D eigenvalue weighted by Gasteiger charge is -2.20. The number of halogens is 1. The molecular formula is C18H21ClN2OS. The molecule has 1 amide bonds. The van der Waals surface area contributed by atoms with E-state index in [1.165, 1.54) is 11.8 Å². The molecule has 1 atom stereocenters. The second-order valence-corrected chi connectivity index (χ2v) is 7.11. The van der Waals surface area contributed by atoms with Crippen LogP contribution in [0.3, 0.4) is 0 Å². The molecule has 0 aliphatic heterocycles. The van der Waals surface area contributed by atoms with Crippen LogP contribution in [0.1, 0.15) is 6.92 Å². The van der Waals surface area contributed by atoms with Gasteiger partial charge in [0.15, 0.2) is 0 Å². The highest BCUT2D eigenvalue weighted by Crippen LogP contribution is 2.24. The van der Waals surface area contributed by atoms with Crippen LogP contribution in [0.2, 0.25) is 5.02 Å². The number of carbonyl (C=O) groups excluding carboxylic acids is 1. The summed E-state index contributed by atoms with van der Waals surface area (Å²) in [6.45, 7) is 3.30. The molecule has 0 saturated carbocycles. The van der Waals surface area contributed by atoms with Crippen molar-refractivity contribution in [2.75, 3.05) is 25.0 Å². The molecule has 0 spiro atoms. The summed E-state index contributed by atoms with van der Waals surface area (Å²) in [5, 5.41) is 3.55. The zero-order valence-electron chi connectivity index (χ0n) is 13.3. The molecule has 0 bridgehead atoms. The smallest absolute Gasteiger partial charge is 0.233 e. The molecule has 5 heteroatoms. The largest absolute Gasteiger partial charge is 0.373 e. The first-order valence-corrected chi connectivity index (χ1v) is 8.78. The number of rotatable bonds is 7. The second kappa shape index (κ2) is 8.85. The molecule has 2 rings (SSSR count). The van der Waals surface area contributed by atoms with Crippen LogP contribution in [0, 0.1) is 0 Å². The van der Waals surface area contributed by atoms with Gasteiger partial charge in [0, 0.05) is 35.7 Å². The van der Waals surface area contributed by atoms with Crippen molar-refractivity contribution < 1.29 is 4.79 Å². The number of hydrogen-bond donors (Lipinski definition) is 1. The Balaban J connectivity index is 1.74. The molecule has 0 saturated heterocycles. The molecule has 122 valence electrons. The molecule has 0 heterocycles. The third-order valence-electron chi connectivity index (χ3n) is 3.44. The fraction of sp³-hybridized carbons (Fsp3) is 0.278. The Morgan fingerprint density at radius 3 is 2.48 bits per heavy atom. The van der Waals surface area contributed by atoms with Gasteiger partial charge in [-0.3, -0.25) is 4.79 Å². The Bertz CT molecular complexity index is 619. The van der Waals surface area contributed by atoms with Crippen LogP contribution < -0.4 is 10.2 Å². The minimum atomic E-state index is -0.141. The molecule has 2 aromatic rings. The van der Waals surface area contributed by atoms with E-state index in [4.69, 9.17) is 11.6 Å². The van der Waals surface area contributed by atoms with Gasteiger partial charge in [0.05, 0.1) is 5.25 Å². The highest BCUT2D eigenvalue weighted by molar-refractivity contribution is 8.00. The first-order chi connectivity index (χ1) is 11.1. The van der Waals surface area contributed by atoms with Gasteiger partial charge in [-0.2, -0.15) is 0 Å². The zero-order chi connectivity index (χ0) is 16.7. The van der Waals surface area contributed by atoms with E-state index >= 15 is 0 Å². The van der Waals surface area contributed by atoms with Crippen LogP contribution in [0.5, 0.6) is 0 Å². The maximum absolute atomic E-state index is 12.2. The summed E-state index contributed by atoms with van der Waals surface area (Å²) in [7, 11) is 2.02. The number of nitrogens with zero attached hydrogens (tertiary/aromatic N) is 1. The Morgan fingerprint density at radius 1 is 1.17 bits per heavy atom. The molecule has 0 fully saturated rings. The fourth-order valence-electron chi connectivity index (χ4n) is 2.07. The van der Waals surface area contributed by atoms with E-state index in [0.717, 1.165) is 17.1 Å². The van der Waals surface area contributed by atoms with Crippen molar-refractivity contribution in [1.29, 1.82) is 0 Å². The van der Waals surface area contributed by atoms with Crippen molar-refractivity contribution in [3.63, 3.8) is 0 Å². The average Bonchev–Trinajstić information content (AvgIpc) is 2.57. The lowest BCUT2D eigenvalue weighted by Crippen LogP contribution is -2.36. The van der Waals surface area contributed by atoms with Gasteiger partial charge in [0.1, 0.15) is 0 Å². The summed E-state index contributed by atoms with van der Waals surface area (Å²) in [4.78, 5) is 15.3. The molecule has 0 aromatic heterocycles. The van der Waals surface area contributed by atoms with E-state index in [1.807, 2.05) is 56.4 Å². The number of likely N-dealkylation sites (N-methyl/N-ethyl adjacent to an activating group) is 1. The number of amides is 1. The van der Waals surface area contributed by atoms with E-state index in [9.17, 15) is 4.79 Å². The number of anilines is 1. The maximum atomic E-state index is 12.2. The van der Waals surface area contributed by atoms with E-state index in [-0.39, 0.29) is 11.2 Å². The third-order valence-corrected chi connectivity index (χ3v) is 4.80. The Hall–Kier alpha value is -1.65. The molecule has 23 heavy (non-hydrogen) atoms. The van der Waals surface area contributed by atoms with Gasteiger partial charge in [0.2, 0.25) is 5.91 Å². The highest BCUT2D eigenvalue weighted by Gasteiger charge is 2.14. The summed E-state index contributed by atoms with van der Waals surface area (Å²) < 4.78 is 0. The molecule has 2 aromatic carbocycles. The fourth-order valence-corrected chi connectivity index (χ4v) is 3.09. The first kappa shape index (κ1) is 17.7. The van der Waals surface area contributed by atoms with Crippen molar-refractivity contribution in [1.82, 2.24) is 5.32 Å². The minimum Gasteiger partial charge on any atom is -0.373 e. The molecule has 1 N–H and O–H groups in total. The van der Waals surface area contributed by atoms with Gasteiger partial charge in [-0.15, -0.1) is 11.8 Å². The van der Waals surface area contributed by atoms with E-state index in [1.54, 1.807) is 0 Å². The predicted molar refractivity (Wildman–Crippen MR) is 99.5 cm³/mol. The number of thioether (sulfide) groups is 1. The van der Waals surface area contributed by atoms with E-state index in [2.05, 4.69) is 22.3 Å². The van der Waals surface area contributed by atoms with Gasteiger partial charge in [0.25, 0.3) is 0 Å². The van der Waals surface area contributed by atoms with Crippen LogP contribution in [0.15, 0.2) is 59.5 Å². The van der Waals surface area contributed by atoms with Gasteiger partial charge in [-0.25, -0.2) is 0 Å². The number of para-hydroxylation sites is 1. The molecule has 0 aliphatic carbocycles. The van der Waals surface area contributed by atoms with Gasteiger partial charge >= 0.3 is 0 Å². The lowest BCUT2D eigenvalue weighted by atomic mass is 10.3. The Morgan fingerprint density at radius 2 is 1.83 bits per heavy atom. The zero-order valence-corrected chi connectivity index (χ0v) is 14.9. The van der Waals surface area contributed by atoms with Crippen molar-refractivity contribution in [2.24, 2.45) is 0 Å². The summed E-state index contributed by atoms with van der Waals surface area (Å²) in [6, 6.07) is 17.7. The lowest BCUT2D eigenvalue weighted by molar-refractivity contribution is -0.120. The second-order valence-electron chi connectivity index (χ2n) is 5.26. The molecule has 0 aliphatic rings. The van der Waals surface area contributed by atoms with Crippen molar-refractivity contribution >= 4 is 35.0 Å². The molecular weight excluding hydrogens is 328 g/mol. The average molecular weight is 349 g/mol. The van der Waals surface area contributed by atoms with Crippen molar-refractivity contribution in [2.45, 2.75) is 17.1 Å².